The van der Waals surface area contributed by atoms with E-state index in [1.165, 1.54) is 17.7 Å². The Bertz CT molecular complexity index is 1030. The molecule has 1 aliphatic heterocycles. The van der Waals surface area contributed by atoms with Crippen LogP contribution in [0.5, 0.6) is 0 Å². The first-order valence-corrected chi connectivity index (χ1v) is 10.4. The Morgan fingerprint density at radius 1 is 1.17 bits per heavy atom. The van der Waals surface area contributed by atoms with Crippen LogP contribution in [0.4, 0.5) is 5.69 Å². The zero-order valence-electron chi connectivity index (χ0n) is 16.7. The standard InChI is InChI=1S/C23H27N3O3/c1-2-3-16-4-7-19(8-5-16)26-12-10-17(11-13-26)15-24-22(27)18-6-9-20-21(14-18)29-23(28)25-20/h4-9,14,17H,2-3,10-13,15H2,1H3,(H,24,27)(H,25,28). The number of hydrogen-bond acceptors (Lipinski definition) is 4. The Balaban J connectivity index is 1.27. The van der Waals surface area contributed by atoms with Gasteiger partial charge in [-0.3, -0.25) is 9.78 Å². The number of fused-ring (bicyclic) bond motifs is 1. The Morgan fingerprint density at radius 2 is 1.93 bits per heavy atom. The molecule has 0 radical (unpaired) electrons. The first-order chi connectivity index (χ1) is 14.1. The van der Waals surface area contributed by atoms with E-state index in [9.17, 15) is 9.59 Å². The van der Waals surface area contributed by atoms with Crippen molar-refractivity contribution in [2.45, 2.75) is 32.6 Å². The lowest BCUT2D eigenvalue weighted by Gasteiger charge is -2.33. The average molecular weight is 393 g/mol. The minimum atomic E-state index is -0.510. The number of carbonyl (C=O) groups excluding carboxylic acids is 1. The van der Waals surface area contributed by atoms with E-state index >= 15 is 0 Å². The second-order valence-electron chi connectivity index (χ2n) is 7.78. The molecule has 4 rings (SSSR count). The van der Waals surface area contributed by atoms with Gasteiger partial charge in [0, 0.05) is 30.9 Å². The minimum Gasteiger partial charge on any atom is -0.408 e. The summed E-state index contributed by atoms with van der Waals surface area (Å²) < 4.78 is 5.03. The van der Waals surface area contributed by atoms with Gasteiger partial charge in [0.15, 0.2) is 5.58 Å². The minimum absolute atomic E-state index is 0.135. The van der Waals surface area contributed by atoms with Crippen LogP contribution in [0.1, 0.15) is 42.1 Å². The number of nitrogens with zero attached hydrogens (tertiary/aromatic N) is 1. The van der Waals surface area contributed by atoms with Gasteiger partial charge in [-0.25, -0.2) is 4.79 Å². The lowest BCUT2D eigenvalue weighted by Crippen LogP contribution is -2.38. The molecule has 1 fully saturated rings. The third-order valence-corrected chi connectivity index (χ3v) is 5.69. The molecule has 0 aliphatic carbocycles. The number of oxazole rings is 1. The van der Waals surface area contributed by atoms with Crippen molar-refractivity contribution < 1.29 is 9.21 Å². The SMILES string of the molecule is CCCc1ccc(N2CCC(CNC(=O)c3ccc4[nH]c(=O)oc4c3)CC2)cc1. The van der Waals surface area contributed by atoms with E-state index in [-0.39, 0.29) is 5.91 Å². The number of piperidine rings is 1. The fraction of sp³-hybridized carbons (Fsp3) is 0.391. The molecule has 1 aliphatic rings. The smallest absolute Gasteiger partial charge is 0.408 e. The van der Waals surface area contributed by atoms with Gasteiger partial charge in [-0.1, -0.05) is 25.5 Å². The first-order valence-electron chi connectivity index (χ1n) is 10.4. The number of hydrogen-bond donors (Lipinski definition) is 2. The van der Waals surface area contributed by atoms with Crippen LogP contribution in [0.2, 0.25) is 0 Å². The molecule has 1 amide bonds. The summed E-state index contributed by atoms with van der Waals surface area (Å²) in [5, 5.41) is 3.03. The summed E-state index contributed by atoms with van der Waals surface area (Å²) in [7, 11) is 0. The molecule has 6 heteroatoms. The van der Waals surface area contributed by atoms with Crippen LogP contribution in [0, 0.1) is 5.92 Å². The third-order valence-electron chi connectivity index (χ3n) is 5.69. The van der Waals surface area contributed by atoms with Gasteiger partial charge in [-0.15, -0.1) is 0 Å². The number of anilines is 1. The van der Waals surface area contributed by atoms with Gasteiger partial charge in [-0.2, -0.15) is 0 Å². The molecular formula is C23H27N3O3. The monoisotopic (exact) mass is 393 g/mol. The van der Waals surface area contributed by atoms with Crippen molar-refractivity contribution in [2.24, 2.45) is 5.92 Å². The van der Waals surface area contributed by atoms with Gasteiger partial charge >= 0.3 is 5.76 Å². The van der Waals surface area contributed by atoms with Crippen molar-refractivity contribution >= 4 is 22.7 Å². The summed E-state index contributed by atoms with van der Waals surface area (Å²) >= 11 is 0. The number of aryl methyl sites for hydroxylation is 1. The molecule has 2 heterocycles. The van der Waals surface area contributed by atoms with Gasteiger partial charge in [-0.05, 0) is 61.1 Å². The number of aromatic amines is 1. The first kappa shape index (κ1) is 19.3. The lowest BCUT2D eigenvalue weighted by molar-refractivity contribution is 0.0945. The highest BCUT2D eigenvalue weighted by Gasteiger charge is 2.20. The van der Waals surface area contributed by atoms with Crippen molar-refractivity contribution in [2.75, 3.05) is 24.5 Å². The molecule has 2 N–H and O–H groups in total. The van der Waals surface area contributed by atoms with E-state index in [2.05, 4.69) is 46.4 Å². The number of rotatable bonds is 6. The molecule has 2 aromatic carbocycles. The van der Waals surface area contributed by atoms with E-state index in [0.29, 0.717) is 29.1 Å². The van der Waals surface area contributed by atoms with E-state index in [4.69, 9.17) is 4.42 Å². The maximum absolute atomic E-state index is 12.5. The molecule has 1 saturated heterocycles. The van der Waals surface area contributed by atoms with Crippen molar-refractivity contribution in [1.82, 2.24) is 10.3 Å². The fourth-order valence-electron chi connectivity index (χ4n) is 3.98. The zero-order chi connectivity index (χ0) is 20.2. The highest BCUT2D eigenvalue weighted by atomic mass is 16.4. The lowest BCUT2D eigenvalue weighted by atomic mass is 9.96. The number of carbonyl (C=O) groups is 1. The average Bonchev–Trinajstić information content (AvgIpc) is 3.12. The second kappa shape index (κ2) is 8.55. The molecule has 0 bridgehead atoms. The summed E-state index contributed by atoms with van der Waals surface area (Å²) in [6, 6.07) is 13.9. The van der Waals surface area contributed by atoms with Crippen LogP contribution in [0.25, 0.3) is 11.1 Å². The molecule has 1 aromatic heterocycles. The van der Waals surface area contributed by atoms with Crippen LogP contribution >= 0.6 is 0 Å². The number of H-pyrrole nitrogens is 1. The summed E-state index contributed by atoms with van der Waals surface area (Å²) in [4.78, 5) is 28.7. The van der Waals surface area contributed by atoms with E-state index < -0.39 is 5.76 Å². The van der Waals surface area contributed by atoms with E-state index in [1.807, 2.05) is 0 Å². The molecule has 0 atom stereocenters. The largest absolute Gasteiger partial charge is 0.417 e. The molecular weight excluding hydrogens is 366 g/mol. The Hall–Kier alpha value is -3.02. The molecule has 0 spiro atoms. The summed E-state index contributed by atoms with van der Waals surface area (Å²) in [6.45, 7) is 4.88. The highest BCUT2D eigenvalue weighted by Crippen LogP contribution is 2.24. The van der Waals surface area contributed by atoms with Gasteiger partial charge in [0.1, 0.15) is 0 Å². The number of benzene rings is 2. The summed E-state index contributed by atoms with van der Waals surface area (Å²) in [6.07, 6.45) is 4.42. The van der Waals surface area contributed by atoms with Crippen LogP contribution < -0.4 is 16.0 Å². The predicted octanol–water partition coefficient (Wildman–Crippen LogP) is 3.72. The number of nitrogens with one attached hydrogen (secondary N) is 2. The molecule has 3 aromatic rings. The number of amides is 1. The second-order valence-corrected chi connectivity index (χ2v) is 7.78. The van der Waals surface area contributed by atoms with Gasteiger partial charge in [0.05, 0.1) is 5.52 Å². The fourth-order valence-corrected chi connectivity index (χ4v) is 3.98. The van der Waals surface area contributed by atoms with E-state index in [0.717, 1.165) is 32.4 Å². The van der Waals surface area contributed by atoms with Crippen molar-refractivity contribution in [3.05, 3.63) is 64.1 Å². The molecule has 29 heavy (non-hydrogen) atoms. The Kier molecular flexibility index (Phi) is 5.69. The van der Waals surface area contributed by atoms with Crippen LogP contribution in [0.3, 0.4) is 0 Å². The van der Waals surface area contributed by atoms with Crippen LogP contribution in [-0.2, 0) is 6.42 Å². The van der Waals surface area contributed by atoms with Crippen LogP contribution in [-0.4, -0.2) is 30.5 Å². The van der Waals surface area contributed by atoms with Crippen molar-refractivity contribution in [1.29, 1.82) is 0 Å². The quantitative estimate of drug-likeness (QED) is 0.669. The van der Waals surface area contributed by atoms with E-state index in [1.54, 1.807) is 18.2 Å². The Morgan fingerprint density at radius 3 is 2.66 bits per heavy atom. The normalized spacial score (nSPS) is 15.0. The molecule has 0 saturated carbocycles. The van der Waals surface area contributed by atoms with Gasteiger partial charge in [0.25, 0.3) is 5.91 Å². The maximum Gasteiger partial charge on any atom is 0.417 e. The highest BCUT2D eigenvalue weighted by molar-refractivity contribution is 5.96. The van der Waals surface area contributed by atoms with Crippen LogP contribution in [0.15, 0.2) is 51.7 Å². The molecule has 6 nitrogen and oxygen atoms in total. The summed E-state index contributed by atoms with van der Waals surface area (Å²) in [5.41, 5.74) is 4.19. The van der Waals surface area contributed by atoms with Gasteiger partial charge < -0.3 is 14.6 Å². The van der Waals surface area contributed by atoms with Gasteiger partial charge in [0.2, 0.25) is 0 Å². The predicted molar refractivity (Wildman–Crippen MR) is 115 cm³/mol. The third kappa shape index (κ3) is 4.53. The molecule has 0 unspecified atom stereocenters. The topological polar surface area (TPSA) is 78.3 Å². The van der Waals surface area contributed by atoms with Crippen molar-refractivity contribution in [3.63, 3.8) is 0 Å². The summed E-state index contributed by atoms with van der Waals surface area (Å²) in [5.74, 6) is -0.169. The maximum atomic E-state index is 12.5. The molecule has 152 valence electrons. The zero-order valence-corrected chi connectivity index (χ0v) is 16.7. The number of aromatic nitrogens is 1. The van der Waals surface area contributed by atoms with Crippen molar-refractivity contribution in [3.8, 4) is 0 Å². The Labute approximate surface area is 169 Å².